The Morgan fingerprint density at radius 3 is 2.30 bits per heavy atom. The lowest BCUT2D eigenvalue weighted by Crippen LogP contribution is -2.36. The number of anilines is 2. The zero-order valence-corrected chi connectivity index (χ0v) is 25.5. The van der Waals surface area contributed by atoms with Gasteiger partial charge in [0.1, 0.15) is 11.5 Å². The van der Waals surface area contributed by atoms with Crippen molar-refractivity contribution in [1.82, 2.24) is 0 Å². The summed E-state index contributed by atoms with van der Waals surface area (Å²) in [5.41, 5.74) is 9.95. The number of hydrogen-bond donors (Lipinski definition) is 0. The summed E-state index contributed by atoms with van der Waals surface area (Å²) in [6.07, 6.45) is 5.36. The summed E-state index contributed by atoms with van der Waals surface area (Å²) in [6, 6.07) is 32.7. The van der Waals surface area contributed by atoms with Crippen LogP contribution in [0, 0.1) is 0 Å². The van der Waals surface area contributed by atoms with Crippen molar-refractivity contribution >= 4 is 28.2 Å². The highest BCUT2D eigenvalue weighted by molar-refractivity contribution is 6.09. The third kappa shape index (κ3) is 4.10. The van der Waals surface area contributed by atoms with Gasteiger partial charge >= 0.3 is 0 Å². The second kappa shape index (κ2) is 10.5. The maximum atomic E-state index is 7.43. The van der Waals surface area contributed by atoms with E-state index < -0.39 is 5.60 Å². The van der Waals surface area contributed by atoms with E-state index in [2.05, 4.69) is 127 Å². The molecule has 5 aromatic rings. The van der Waals surface area contributed by atoms with Crippen molar-refractivity contribution in [2.45, 2.75) is 12.0 Å². The Morgan fingerprint density at radius 1 is 0.818 bits per heavy atom. The fraction of sp³-hybridized carbons (Fsp3) is 0.231. The summed E-state index contributed by atoms with van der Waals surface area (Å²) >= 11 is 0. The van der Waals surface area contributed by atoms with Crippen LogP contribution in [0.25, 0.3) is 28.0 Å². The highest BCUT2D eigenvalue weighted by atomic mass is 16.5. The van der Waals surface area contributed by atoms with Crippen LogP contribution in [0.4, 0.5) is 11.4 Å². The summed E-state index contributed by atoms with van der Waals surface area (Å²) in [4.78, 5) is 4.51. The Labute approximate surface area is 258 Å². The second-order valence-electron chi connectivity index (χ2n) is 12.1. The normalized spacial score (nSPS) is 18.4. The van der Waals surface area contributed by atoms with Gasteiger partial charge < -0.3 is 24.0 Å². The summed E-state index contributed by atoms with van der Waals surface area (Å²) in [7, 11) is 5.91. The van der Waals surface area contributed by atoms with Gasteiger partial charge in [0.05, 0.1) is 26.0 Å². The predicted octanol–water partition coefficient (Wildman–Crippen LogP) is 7.67. The van der Waals surface area contributed by atoms with Crippen molar-refractivity contribution in [3.05, 3.63) is 125 Å². The van der Waals surface area contributed by atoms with Crippen LogP contribution in [-0.4, -0.2) is 47.5 Å². The summed E-state index contributed by atoms with van der Waals surface area (Å²) in [5.74, 6) is 1.83. The molecule has 2 heterocycles. The summed E-state index contributed by atoms with van der Waals surface area (Å²) < 4.78 is 19.1. The van der Waals surface area contributed by atoms with Gasteiger partial charge in [0.2, 0.25) is 0 Å². The van der Waals surface area contributed by atoms with Gasteiger partial charge in [0.25, 0.3) is 0 Å². The van der Waals surface area contributed by atoms with E-state index in [1.54, 1.807) is 7.11 Å². The number of fused-ring (bicyclic) bond motifs is 8. The minimum Gasteiger partial charge on any atom is -0.495 e. The molecule has 0 aromatic heterocycles. The molecule has 0 spiro atoms. The lowest BCUT2D eigenvalue weighted by molar-refractivity contribution is 0.122. The van der Waals surface area contributed by atoms with Crippen LogP contribution in [-0.2, 0) is 16.8 Å². The fourth-order valence-corrected chi connectivity index (χ4v) is 7.21. The Morgan fingerprint density at radius 2 is 1.55 bits per heavy atom. The quantitative estimate of drug-likeness (QED) is 0.209. The second-order valence-corrected chi connectivity index (χ2v) is 12.1. The molecule has 0 radical (unpaired) electrons. The SMILES string of the molecule is COc1cc2c3c(c4c(c2cc1N1CCOCC1)-c1ccccc1C4)OC(c1ccccc1)(c1ccc(N(C)C)cc1)C=C3. The summed E-state index contributed by atoms with van der Waals surface area (Å²) in [5, 5.41) is 2.38. The average molecular weight is 581 g/mol. The number of methoxy groups -OCH3 is 1. The first kappa shape index (κ1) is 26.9. The molecule has 5 nitrogen and oxygen atoms in total. The molecule has 3 aliphatic rings. The molecule has 1 fully saturated rings. The third-order valence-electron chi connectivity index (χ3n) is 9.47. The fourth-order valence-electron chi connectivity index (χ4n) is 7.21. The Balaban J connectivity index is 1.39. The topological polar surface area (TPSA) is 34.2 Å². The molecule has 220 valence electrons. The number of ether oxygens (including phenoxy) is 3. The van der Waals surface area contributed by atoms with E-state index in [-0.39, 0.29) is 0 Å². The Kier molecular flexibility index (Phi) is 6.38. The maximum Gasteiger partial charge on any atom is 0.178 e. The van der Waals surface area contributed by atoms with E-state index in [1.807, 2.05) is 0 Å². The zero-order valence-electron chi connectivity index (χ0n) is 25.5. The van der Waals surface area contributed by atoms with Crippen LogP contribution >= 0.6 is 0 Å². The highest BCUT2D eigenvalue weighted by Gasteiger charge is 2.40. The largest absolute Gasteiger partial charge is 0.495 e. The van der Waals surface area contributed by atoms with Crippen molar-refractivity contribution in [3.8, 4) is 22.6 Å². The average Bonchev–Trinajstić information content (AvgIpc) is 3.48. The lowest BCUT2D eigenvalue weighted by Gasteiger charge is -2.38. The zero-order chi connectivity index (χ0) is 29.8. The van der Waals surface area contributed by atoms with Gasteiger partial charge in [-0.15, -0.1) is 0 Å². The standard InChI is InChI=1S/C39H36N2O3/c1-40(2)29-15-13-28(14-16-29)39(27-10-5-4-6-11-27)18-17-31-32-25-36(42-3)35(41-19-21-43-22-20-41)24-33(32)37-30-12-8-7-9-26(30)23-34(37)38(31)44-39/h4-18,24-25H,19-23H2,1-3H3. The Hall–Kier alpha value is -4.74. The highest BCUT2D eigenvalue weighted by Crippen LogP contribution is 2.54. The number of benzene rings is 5. The molecule has 44 heavy (non-hydrogen) atoms. The van der Waals surface area contributed by atoms with E-state index in [1.165, 1.54) is 27.6 Å². The van der Waals surface area contributed by atoms with Crippen LogP contribution < -0.4 is 19.3 Å². The van der Waals surface area contributed by atoms with E-state index in [9.17, 15) is 0 Å². The van der Waals surface area contributed by atoms with Gasteiger partial charge in [-0.3, -0.25) is 0 Å². The molecule has 5 heteroatoms. The van der Waals surface area contributed by atoms with E-state index in [4.69, 9.17) is 14.2 Å². The minimum atomic E-state index is -0.771. The number of rotatable bonds is 5. The van der Waals surface area contributed by atoms with Gasteiger partial charge in [-0.2, -0.15) is 0 Å². The van der Waals surface area contributed by atoms with Crippen molar-refractivity contribution in [1.29, 1.82) is 0 Å². The van der Waals surface area contributed by atoms with E-state index >= 15 is 0 Å². The number of hydrogen-bond acceptors (Lipinski definition) is 5. The van der Waals surface area contributed by atoms with Crippen LogP contribution in [0.5, 0.6) is 11.5 Å². The van der Waals surface area contributed by atoms with Crippen LogP contribution in [0.15, 0.2) is 97.1 Å². The molecule has 5 aromatic carbocycles. The molecule has 0 amide bonds. The Bertz CT molecular complexity index is 1910. The van der Waals surface area contributed by atoms with Crippen molar-refractivity contribution < 1.29 is 14.2 Å². The molecular formula is C39H36N2O3. The first-order chi connectivity index (χ1) is 21.6. The number of nitrogens with zero attached hydrogens (tertiary/aromatic N) is 2. The van der Waals surface area contributed by atoms with E-state index in [0.29, 0.717) is 0 Å². The predicted molar refractivity (Wildman–Crippen MR) is 179 cm³/mol. The van der Waals surface area contributed by atoms with Crippen LogP contribution in [0.3, 0.4) is 0 Å². The molecule has 8 rings (SSSR count). The van der Waals surface area contributed by atoms with Gasteiger partial charge in [-0.1, -0.05) is 66.7 Å². The van der Waals surface area contributed by atoms with Crippen LogP contribution in [0.2, 0.25) is 0 Å². The van der Waals surface area contributed by atoms with Gasteiger partial charge in [0.15, 0.2) is 5.60 Å². The molecule has 0 saturated carbocycles. The molecule has 2 aliphatic heterocycles. The smallest absolute Gasteiger partial charge is 0.178 e. The first-order valence-corrected chi connectivity index (χ1v) is 15.4. The van der Waals surface area contributed by atoms with E-state index in [0.717, 1.165) is 77.7 Å². The minimum absolute atomic E-state index is 0.722. The molecule has 1 saturated heterocycles. The molecule has 1 aliphatic carbocycles. The van der Waals surface area contributed by atoms with Crippen molar-refractivity contribution in [2.24, 2.45) is 0 Å². The summed E-state index contributed by atoms with van der Waals surface area (Å²) in [6.45, 7) is 3.14. The molecular weight excluding hydrogens is 544 g/mol. The van der Waals surface area contributed by atoms with Gasteiger partial charge in [-0.25, -0.2) is 0 Å². The van der Waals surface area contributed by atoms with Gasteiger partial charge in [-0.05, 0) is 63.9 Å². The van der Waals surface area contributed by atoms with Crippen LogP contribution in [0.1, 0.15) is 27.8 Å². The molecule has 1 atom stereocenters. The van der Waals surface area contributed by atoms with Gasteiger partial charge in [0, 0.05) is 61.5 Å². The molecule has 0 bridgehead atoms. The first-order valence-electron chi connectivity index (χ1n) is 15.4. The molecule has 0 N–H and O–H groups in total. The maximum absolute atomic E-state index is 7.43. The van der Waals surface area contributed by atoms with Crippen molar-refractivity contribution in [3.63, 3.8) is 0 Å². The third-order valence-corrected chi connectivity index (χ3v) is 9.47. The molecule has 1 unspecified atom stereocenters. The monoisotopic (exact) mass is 580 g/mol. The van der Waals surface area contributed by atoms with Crippen molar-refractivity contribution in [2.75, 3.05) is 57.3 Å². The lowest BCUT2D eigenvalue weighted by atomic mass is 9.82. The number of morpholine rings is 1.